The number of nitriles is 1. The van der Waals surface area contributed by atoms with Crippen LogP contribution in [-0.4, -0.2) is 23.3 Å². The minimum Gasteiger partial charge on any atom is -0.373 e. The molecule has 0 radical (unpaired) electrons. The third-order valence-corrected chi connectivity index (χ3v) is 7.37. The highest BCUT2D eigenvalue weighted by molar-refractivity contribution is 6.30. The van der Waals surface area contributed by atoms with Crippen molar-refractivity contribution in [1.29, 1.82) is 5.26 Å². The molecule has 0 aliphatic heterocycles. The zero-order valence-corrected chi connectivity index (χ0v) is 17.7. The number of nitrogens with one attached hydrogen (secondary N) is 2. The van der Waals surface area contributed by atoms with E-state index in [1.54, 1.807) is 0 Å². The largest absolute Gasteiger partial charge is 0.373 e. The van der Waals surface area contributed by atoms with Gasteiger partial charge in [-0.05, 0) is 81.9 Å². The Morgan fingerprint density at radius 1 is 1.31 bits per heavy atom. The van der Waals surface area contributed by atoms with Gasteiger partial charge in [0.1, 0.15) is 5.84 Å². The molecule has 0 aromatic heterocycles. The summed E-state index contributed by atoms with van der Waals surface area (Å²) in [4.78, 5) is 16.3. The first-order chi connectivity index (χ1) is 13.7. The minimum absolute atomic E-state index is 0.135. The molecule has 1 aromatic rings. The van der Waals surface area contributed by atoms with Gasteiger partial charge in [0.05, 0.1) is 5.54 Å². The van der Waals surface area contributed by atoms with Gasteiger partial charge in [0.2, 0.25) is 12.1 Å². The Labute approximate surface area is 176 Å². The van der Waals surface area contributed by atoms with E-state index < -0.39 is 5.54 Å². The highest BCUT2D eigenvalue weighted by Gasteiger charge is 2.58. The lowest BCUT2D eigenvalue weighted by Gasteiger charge is -2.59. The maximum absolute atomic E-state index is 12.2. The number of halogens is 1. The van der Waals surface area contributed by atoms with E-state index in [1.165, 1.54) is 0 Å². The topological polar surface area (TPSA) is 103 Å². The van der Waals surface area contributed by atoms with Crippen molar-refractivity contribution in [3.63, 3.8) is 0 Å². The number of nitrogens with two attached hydrogens (primary N) is 1. The second kappa shape index (κ2) is 7.21. The van der Waals surface area contributed by atoms with Crippen molar-refractivity contribution in [2.24, 2.45) is 33.9 Å². The van der Waals surface area contributed by atoms with Crippen LogP contribution >= 0.6 is 11.6 Å². The molecule has 2 atom stereocenters. The van der Waals surface area contributed by atoms with Crippen LogP contribution in [0.15, 0.2) is 29.3 Å². The summed E-state index contributed by atoms with van der Waals surface area (Å²) in [5.74, 6) is 1.85. The van der Waals surface area contributed by atoms with Crippen LogP contribution in [0.4, 0.5) is 5.69 Å². The number of benzene rings is 1. The van der Waals surface area contributed by atoms with E-state index >= 15 is 0 Å². The number of amidine groups is 1. The third-order valence-electron chi connectivity index (χ3n) is 7.13. The van der Waals surface area contributed by atoms with Crippen molar-refractivity contribution in [2.45, 2.75) is 57.5 Å². The smallest absolute Gasteiger partial charge is 0.223 e. The van der Waals surface area contributed by atoms with Gasteiger partial charge in [-0.15, -0.1) is 0 Å². The van der Waals surface area contributed by atoms with Crippen LogP contribution in [0.25, 0.3) is 0 Å². The SMILES string of the molecule is CC(C)(Nc1cccc(Cl)c1)/C(=N/C#N)NC1C2CC3CC1CC(C(N)=O)(C3)C2. The number of carbonyl (C=O) groups is 1. The Bertz CT molecular complexity index is 873. The predicted molar refractivity (Wildman–Crippen MR) is 114 cm³/mol. The van der Waals surface area contributed by atoms with Gasteiger partial charge in [-0.3, -0.25) is 4.79 Å². The first-order valence-electron chi connectivity index (χ1n) is 10.3. The van der Waals surface area contributed by atoms with E-state index in [1.807, 2.05) is 44.3 Å². The van der Waals surface area contributed by atoms with E-state index in [9.17, 15) is 10.1 Å². The van der Waals surface area contributed by atoms with E-state index in [0.717, 1.165) is 37.8 Å². The molecular weight excluding hydrogens is 386 g/mol. The van der Waals surface area contributed by atoms with E-state index in [0.29, 0.717) is 28.6 Å². The number of hydrogen-bond donors (Lipinski definition) is 3. The molecule has 0 saturated heterocycles. The number of carbonyl (C=O) groups excluding carboxylic acids is 1. The molecule has 29 heavy (non-hydrogen) atoms. The number of primary amides is 1. The zero-order chi connectivity index (χ0) is 20.8. The molecule has 0 heterocycles. The fraction of sp³-hybridized carbons (Fsp3) is 0.591. The monoisotopic (exact) mass is 413 g/mol. The standard InChI is InChI=1S/C22H28ClN5O/c1-21(2,28-17-5-3-4-16(23)8-17)20(26-12-24)27-18-14-6-13-7-15(18)11-22(9-13,10-14)19(25)29/h3-5,8,13-15,18,28H,6-7,9-11H2,1-2H3,(H2,25,29)(H,26,27). The normalized spacial score (nSPS) is 33.2. The maximum atomic E-state index is 12.2. The van der Waals surface area contributed by atoms with Crippen molar-refractivity contribution in [3.8, 4) is 6.19 Å². The van der Waals surface area contributed by atoms with Gasteiger partial charge in [-0.25, -0.2) is 0 Å². The van der Waals surface area contributed by atoms with Gasteiger partial charge in [-0.2, -0.15) is 10.3 Å². The number of rotatable bonds is 5. The molecule has 1 aromatic carbocycles. The van der Waals surface area contributed by atoms with Gasteiger partial charge >= 0.3 is 0 Å². The van der Waals surface area contributed by atoms with Crippen LogP contribution in [0.1, 0.15) is 46.0 Å². The second-order valence-corrected chi connectivity index (χ2v) is 10.0. The average molecular weight is 414 g/mol. The summed E-state index contributed by atoms with van der Waals surface area (Å²) >= 11 is 6.12. The average Bonchev–Trinajstić information content (AvgIpc) is 2.62. The fourth-order valence-electron chi connectivity index (χ4n) is 6.11. The highest BCUT2D eigenvalue weighted by Crippen LogP contribution is 2.60. The van der Waals surface area contributed by atoms with E-state index in [4.69, 9.17) is 17.3 Å². The molecule has 4 N–H and O–H groups in total. The van der Waals surface area contributed by atoms with Crippen molar-refractivity contribution in [3.05, 3.63) is 29.3 Å². The van der Waals surface area contributed by atoms with Crippen molar-refractivity contribution in [2.75, 3.05) is 5.32 Å². The van der Waals surface area contributed by atoms with E-state index in [-0.39, 0.29) is 17.4 Å². The van der Waals surface area contributed by atoms with Gasteiger partial charge in [0, 0.05) is 22.2 Å². The Balaban J connectivity index is 1.54. The molecule has 4 aliphatic carbocycles. The summed E-state index contributed by atoms with van der Waals surface area (Å²) in [6.45, 7) is 4.00. The van der Waals surface area contributed by atoms with Crippen LogP contribution in [0.2, 0.25) is 5.02 Å². The number of nitrogens with zero attached hydrogens (tertiary/aromatic N) is 2. The Hall–Kier alpha value is -2.26. The lowest BCUT2D eigenvalue weighted by Crippen LogP contribution is -2.64. The van der Waals surface area contributed by atoms with Crippen molar-refractivity contribution < 1.29 is 4.79 Å². The molecular formula is C22H28ClN5O. The zero-order valence-electron chi connectivity index (χ0n) is 16.9. The van der Waals surface area contributed by atoms with Crippen LogP contribution < -0.4 is 16.4 Å². The number of amides is 1. The summed E-state index contributed by atoms with van der Waals surface area (Å²) in [5, 5.41) is 17.0. The number of hydrogen-bond acceptors (Lipinski definition) is 4. The van der Waals surface area contributed by atoms with Crippen molar-refractivity contribution >= 4 is 29.0 Å². The lowest BCUT2D eigenvalue weighted by atomic mass is 9.47. The fourth-order valence-corrected chi connectivity index (χ4v) is 6.30. The van der Waals surface area contributed by atoms with Gasteiger partial charge in [0.25, 0.3) is 0 Å². The Morgan fingerprint density at radius 3 is 2.59 bits per heavy atom. The quantitative estimate of drug-likeness (QED) is 0.389. The molecule has 1 amide bonds. The molecule has 0 spiro atoms. The van der Waals surface area contributed by atoms with Gasteiger partial charge in [0.15, 0.2) is 0 Å². The van der Waals surface area contributed by atoms with E-state index in [2.05, 4.69) is 15.6 Å². The van der Waals surface area contributed by atoms with Gasteiger partial charge in [-0.1, -0.05) is 17.7 Å². The molecule has 6 nitrogen and oxygen atoms in total. The maximum Gasteiger partial charge on any atom is 0.223 e. The van der Waals surface area contributed by atoms with Gasteiger partial charge < -0.3 is 16.4 Å². The Kier molecular flexibility index (Phi) is 4.98. The van der Waals surface area contributed by atoms with Crippen molar-refractivity contribution in [1.82, 2.24) is 5.32 Å². The van der Waals surface area contributed by atoms with Crippen LogP contribution in [0.3, 0.4) is 0 Å². The molecule has 4 bridgehead atoms. The first kappa shape index (κ1) is 20.0. The Morgan fingerprint density at radius 2 is 2.00 bits per heavy atom. The molecule has 7 heteroatoms. The number of aliphatic imine (C=N–C) groups is 1. The highest BCUT2D eigenvalue weighted by atomic mass is 35.5. The molecule has 4 saturated carbocycles. The minimum atomic E-state index is -0.587. The predicted octanol–water partition coefficient (Wildman–Crippen LogP) is 3.68. The van der Waals surface area contributed by atoms with Crippen LogP contribution in [-0.2, 0) is 4.79 Å². The summed E-state index contributed by atoms with van der Waals surface area (Å²) in [7, 11) is 0. The first-order valence-corrected chi connectivity index (χ1v) is 10.7. The summed E-state index contributed by atoms with van der Waals surface area (Å²) in [6.07, 6.45) is 6.82. The number of anilines is 1. The lowest BCUT2D eigenvalue weighted by molar-refractivity contribution is -0.145. The molecule has 154 valence electrons. The van der Waals surface area contributed by atoms with Crippen LogP contribution in [0.5, 0.6) is 0 Å². The molecule has 4 fully saturated rings. The molecule has 4 aliphatic rings. The second-order valence-electron chi connectivity index (χ2n) is 9.61. The summed E-state index contributed by atoms with van der Waals surface area (Å²) in [5.41, 5.74) is 5.76. The van der Waals surface area contributed by atoms with Crippen LogP contribution in [0, 0.1) is 34.6 Å². The summed E-state index contributed by atoms with van der Waals surface area (Å²) < 4.78 is 0. The molecule has 5 rings (SSSR count). The molecule has 2 unspecified atom stereocenters. The third kappa shape index (κ3) is 3.69. The summed E-state index contributed by atoms with van der Waals surface area (Å²) in [6, 6.07) is 7.72.